The molecule has 0 bridgehead atoms. The average Bonchev–Trinajstić information content (AvgIpc) is 2.38. The fourth-order valence-corrected chi connectivity index (χ4v) is 3.98. The molecule has 0 fully saturated rings. The van der Waals surface area contributed by atoms with Gasteiger partial charge in [0.2, 0.25) is 0 Å². The standard InChI is InChI=1S/C16H13Br/c17-14-9-7-12-5-4-10-2-1-3-11-6-8-13(14)16(12)15(10)11/h3-9,15-16H,1-2H2/t15-,16?/m0/s1. The summed E-state index contributed by atoms with van der Waals surface area (Å²) in [6, 6.07) is 0. The lowest BCUT2D eigenvalue weighted by Gasteiger charge is -2.41. The van der Waals surface area contributed by atoms with Crippen molar-refractivity contribution in [2.24, 2.45) is 11.8 Å². The SMILES string of the molecule is BrC1=C2C=CC3=CCCC4=CC=C(C=C1)C2[C@H]34. The molecule has 0 radical (unpaired) electrons. The fraction of sp³-hybridized carbons (Fsp3) is 0.250. The van der Waals surface area contributed by atoms with Gasteiger partial charge in [-0.3, -0.25) is 0 Å². The number of hydrogen-bond acceptors (Lipinski definition) is 0. The van der Waals surface area contributed by atoms with Gasteiger partial charge in [-0.1, -0.05) is 58.0 Å². The molecule has 0 aromatic heterocycles. The maximum absolute atomic E-state index is 3.69. The predicted octanol–water partition coefficient (Wildman–Crippen LogP) is 4.59. The highest BCUT2D eigenvalue weighted by molar-refractivity contribution is 9.11. The van der Waals surface area contributed by atoms with Crippen LogP contribution in [0.3, 0.4) is 0 Å². The van der Waals surface area contributed by atoms with E-state index in [9.17, 15) is 0 Å². The van der Waals surface area contributed by atoms with Gasteiger partial charge in [-0.25, -0.2) is 0 Å². The maximum Gasteiger partial charge on any atom is 0.0213 e. The van der Waals surface area contributed by atoms with E-state index in [-0.39, 0.29) is 0 Å². The molecule has 0 aromatic rings. The summed E-state index contributed by atoms with van der Waals surface area (Å²) in [5, 5.41) is 0. The largest absolute Gasteiger partial charge is 0.0804 e. The van der Waals surface area contributed by atoms with Gasteiger partial charge in [0.25, 0.3) is 0 Å². The van der Waals surface area contributed by atoms with Crippen molar-refractivity contribution in [2.75, 3.05) is 0 Å². The van der Waals surface area contributed by atoms with E-state index in [2.05, 4.69) is 58.5 Å². The van der Waals surface area contributed by atoms with Crippen LogP contribution in [0.25, 0.3) is 0 Å². The molecule has 4 aliphatic carbocycles. The number of hydrogen-bond donors (Lipinski definition) is 0. The molecule has 0 heterocycles. The first kappa shape index (κ1) is 9.90. The van der Waals surface area contributed by atoms with Gasteiger partial charge >= 0.3 is 0 Å². The normalized spacial score (nSPS) is 32.9. The summed E-state index contributed by atoms with van der Waals surface area (Å²) < 4.78 is 1.25. The summed E-state index contributed by atoms with van der Waals surface area (Å²) in [6.07, 6.45) is 18.6. The van der Waals surface area contributed by atoms with E-state index in [0.29, 0.717) is 11.8 Å². The summed E-state index contributed by atoms with van der Waals surface area (Å²) in [5.41, 5.74) is 6.06. The zero-order valence-corrected chi connectivity index (χ0v) is 11.1. The summed E-state index contributed by atoms with van der Waals surface area (Å²) >= 11 is 3.69. The monoisotopic (exact) mass is 284 g/mol. The van der Waals surface area contributed by atoms with Crippen molar-refractivity contribution in [3.8, 4) is 0 Å². The van der Waals surface area contributed by atoms with Crippen molar-refractivity contribution in [1.82, 2.24) is 0 Å². The van der Waals surface area contributed by atoms with Gasteiger partial charge in [-0.15, -0.1) is 0 Å². The molecule has 4 aliphatic rings. The minimum atomic E-state index is 0.561. The van der Waals surface area contributed by atoms with Crippen LogP contribution in [0.1, 0.15) is 12.8 Å². The number of halogens is 1. The minimum absolute atomic E-state index is 0.561. The molecule has 17 heavy (non-hydrogen) atoms. The molecule has 0 aromatic carbocycles. The van der Waals surface area contributed by atoms with Crippen molar-refractivity contribution in [3.05, 3.63) is 69.3 Å². The molecule has 1 unspecified atom stereocenters. The second-order valence-electron chi connectivity index (χ2n) is 5.08. The first-order chi connectivity index (χ1) is 8.34. The molecular weight excluding hydrogens is 272 g/mol. The van der Waals surface area contributed by atoms with Gasteiger partial charge in [0, 0.05) is 16.3 Å². The summed E-state index contributed by atoms with van der Waals surface area (Å²) in [6.45, 7) is 0. The zero-order chi connectivity index (χ0) is 11.4. The molecule has 0 spiro atoms. The van der Waals surface area contributed by atoms with Crippen molar-refractivity contribution in [1.29, 1.82) is 0 Å². The quantitative estimate of drug-likeness (QED) is 0.610. The highest BCUT2D eigenvalue weighted by Crippen LogP contribution is 2.51. The van der Waals surface area contributed by atoms with Crippen molar-refractivity contribution in [2.45, 2.75) is 12.8 Å². The van der Waals surface area contributed by atoms with Crippen LogP contribution in [0.4, 0.5) is 0 Å². The molecule has 0 aliphatic heterocycles. The molecule has 0 saturated carbocycles. The van der Waals surface area contributed by atoms with Gasteiger partial charge in [0.15, 0.2) is 0 Å². The lowest BCUT2D eigenvalue weighted by molar-refractivity contribution is 0.522. The lowest BCUT2D eigenvalue weighted by Crippen LogP contribution is -2.29. The Morgan fingerprint density at radius 1 is 0.941 bits per heavy atom. The Balaban J connectivity index is 2.00. The van der Waals surface area contributed by atoms with E-state index in [4.69, 9.17) is 0 Å². The van der Waals surface area contributed by atoms with Crippen LogP contribution < -0.4 is 0 Å². The first-order valence-corrected chi connectivity index (χ1v) is 7.00. The predicted molar refractivity (Wildman–Crippen MR) is 74.7 cm³/mol. The van der Waals surface area contributed by atoms with E-state index in [0.717, 1.165) is 0 Å². The van der Waals surface area contributed by atoms with Crippen LogP contribution in [0, 0.1) is 11.8 Å². The second-order valence-corrected chi connectivity index (χ2v) is 5.93. The molecule has 84 valence electrons. The van der Waals surface area contributed by atoms with Crippen LogP contribution >= 0.6 is 15.9 Å². The van der Waals surface area contributed by atoms with Crippen LogP contribution in [-0.2, 0) is 0 Å². The van der Waals surface area contributed by atoms with Crippen LogP contribution in [0.2, 0.25) is 0 Å². The van der Waals surface area contributed by atoms with E-state index in [1.807, 2.05) is 0 Å². The molecular formula is C16H13Br. The topological polar surface area (TPSA) is 0 Å². The summed E-state index contributed by atoms with van der Waals surface area (Å²) in [5.74, 6) is 1.17. The summed E-state index contributed by atoms with van der Waals surface area (Å²) in [7, 11) is 0. The maximum atomic E-state index is 3.69. The molecule has 2 atom stereocenters. The zero-order valence-electron chi connectivity index (χ0n) is 9.49. The van der Waals surface area contributed by atoms with Crippen LogP contribution in [0.5, 0.6) is 0 Å². The Morgan fingerprint density at radius 2 is 1.82 bits per heavy atom. The molecule has 4 rings (SSSR count). The highest BCUT2D eigenvalue weighted by atomic mass is 79.9. The van der Waals surface area contributed by atoms with Gasteiger partial charge < -0.3 is 0 Å². The van der Waals surface area contributed by atoms with Crippen LogP contribution in [-0.4, -0.2) is 0 Å². The molecule has 0 N–H and O–H groups in total. The fourth-order valence-electron chi connectivity index (χ4n) is 3.47. The van der Waals surface area contributed by atoms with Crippen LogP contribution in [0.15, 0.2) is 69.3 Å². The smallest absolute Gasteiger partial charge is 0.0213 e. The van der Waals surface area contributed by atoms with E-state index in [1.165, 1.54) is 34.0 Å². The van der Waals surface area contributed by atoms with Crippen molar-refractivity contribution >= 4 is 15.9 Å². The molecule has 1 heteroatoms. The van der Waals surface area contributed by atoms with E-state index < -0.39 is 0 Å². The lowest BCUT2D eigenvalue weighted by atomic mass is 9.63. The molecule has 0 saturated heterocycles. The first-order valence-electron chi connectivity index (χ1n) is 6.21. The highest BCUT2D eigenvalue weighted by Gasteiger charge is 2.38. The third-order valence-electron chi connectivity index (χ3n) is 4.24. The molecule has 0 amide bonds. The second kappa shape index (κ2) is 3.46. The Morgan fingerprint density at radius 3 is 2.76 bits per heavy atom. The van der Waals surface area contributed by atoms with Gasteiger partial charge in [-0.05, 0) is 35.6 Å². The third-order valence-corrected chi connectivity index (χ3v) is 4.96. The Bertz CT molecular complexity index is 579. The Kier molecular flexibility index (Phi) is 2.01. The van der Waals surface area contributed by atoms with Gasteiger partial charge in [0.05, 0.1) is 0 Å². The third kappa shape index (κ3) is 1.29. The number of rotatable bonds is 0. The minimum Gasteiger partial charge on any atom is -0.0804 e. The van der Waals surface area contributed by atoms with E-state index in [1.54, 1.807) is 5.57 Å². The van der Waals surface area contributed by atoms with Gasteiger partial charge in [-0.2, -0.15) is 0 Å². The van der Waals surface area contributed by atoms with E-state index >= 15 is 0 Å². The Hall–Kier alpha value is -1.08. The van der Waals surface area contributed by atoms with Gasteiger partial charge in [0.1, 0.15) is 0 Å². The molecule has 0 nitrogen and oxygen atoms in total. The summed E-state index contributed by atoms with van der Waals surface area (Å²) in [4.78, 5) is 0. The Labute approximate surface area is 110 Å². The number of allylic oxidation sites excluding steroid dienone is 12. The average molecular weight is 285 g/mol. The van der Waals surface area contributed by atoms with Crippen molar-refractivity contribution in [3.63, 3.8) is 0 Å². The van der Waals surface area contributed by atoms with Crippen molar-refractivity contribution < 1.29 is 0 Å².